The number of carbonyl (C=O) groups is 5. The zero-order valence-corrected chi connectivity index (χ0v) is 16.6. The van der Waals surface area contributed by atoms with Gasteiger partial charge in [0.1, 0.15) is 18.1 Å². The zero-order valence-electron chi connectivity index (χ0n) is 16.6. The number of hydrogen-bond donors (Lipinski definition) is 4. The van der Waals surface area contributed by atoms with E-state index in [1.54, 1.807) is 6.20 Å². The van der Waals surface area contributed by atoms with Crippen molar-refractivity contribution in [2.75, 3.05) is 0 Å². The minimum Gasteiger partial charge on any atom is -0.480 e. The van der Waals surface area contributed by atoms with Crippen LogP contribution < -0.4 is 10.6 Å². The van der Waals surface area contributed by atoms with Crippen LogP contribution in [-0.2, 0) is 30.4 Å². The van der Waals surface area contributed by atoms with Crippen LogP contribution in [0.4, 0.5) is 0 Å². The first kappa shape index (κ1) is 20.6. The van der Waals surface area contributed by atoms with E-state index in [2.05, 4.69) is 15.6 Å². The van der Waals surface area contributed by atoms with E-state index in [4.69, 9.17) is 0 Å². The summed E-state index contributed by atoms with van der Waals surface area (Å²) in [7, 11) is 0. The number of imide groups is 1. The minimum absolute atomic E-state index is 0.0341. The summed E-state index contributed by atoms with van der Waals surface area (Å²) in [4.78, 5) is 65.2. The second kappa shape index (κ2) is 8.21. The maximum atomic E-state index is 13.3. The standard InChI is InChI=1S/C21H22N4O6/c26-17-7-5-14(23-17)19(28)24-15(9-11-10-22-13-4-2-1-3-12(11)13)20(29)25-16(21(30)31)6-8-18(25)27/h1-4,10,14-16,22H,5-9H2,(H,23,26)(H,24,28)(H,30,31)/t14-,15-,16-/m0/s1. The van der Waals surface area contributed by atoms with Crippen molar-refractivity contribution in [3.05, 3.63) is 36.0 Å². The number of likely N-dealkylation sites (tertiary alicyclic amines) is 1. The molecule has 0 aliphatic carbocycles. The van der Waals surface area contributed by atoms with Crippen LogP contribution in [0.3, 0.4) is 0 Å². The third-order valence-corrected chi connectivity index (χ3v) is 5.76. The number of aromatic amines is 1. The van der Waals surface area contributed by atoms with Gasteiger partial charge in [0, 0.05) is 36.4 Å². The van der Waals surface area contributed by atoms with E-state index in [9.17, 15) is 29.1 Å². The molecule has 3 heterocycles. The molecule has 1 aromatic heterocycles. The quantitative estimate of drug-likeness (QED) is 0.514. The van der Waals surface area contributed by atoms with E-state index in [1.165, 1.54) is 0 Å². The zero-order chi connectivity index (χ0) is 22.1. The van der Waals surface area contributed by atoms with Gasteiger partial charge in [-0.25, -0.2) is 4.79 Å². The summed E-state index contributed by atoms with van der Waals surface area (Å²) in [5.41, 5.74) is 1.59. The number of carboxylic acid groups (broad SMARTS) is 1. The number of nitrogens with one attached hydrogen (secondary N) is 3. The second-order valence-electron chi connectivity index (χ2n) is 7.78. The monoisotopic (exact) mass is 426 g/mol. The number of fused-ring (bicyclic) bond motifs is 1. The predicted octanol–water partition coefficient (Wildman–Crippen LogP) is 0.0760. The van der Waals surface area contributed by atoms with Crippen molar-refractivity contribution in [1.82, 2.24) is 20.5 Å². The number of carboxylic acids is 1. The summed E-state index contributed by atoms with van der Waals surface area (Å²) < 4.78 is 0. The van der Waals surface area contributed by atoms with Crippen molar-refractivity contribution in [2.24, 2.45) is 0 Å². The number of para-hydroxylation sites is 1. The van der Waals surface area contributed by atoms with Crippen LogP contribution in [0, 0.1) is 0 Å². The van der Waals surface area contributed by atoms with E-state index < -0.39 is 41.8 Å². The number of amides is 4. The van der Waals surface area contributed by atoms with E-state index in [1.807, 2.05) is 24.3 Å². The van der Waals surface area contributed by atoms with Crippen LogP contribution in [0.1, 0.15) is 31.2 Å². The fourth-order valence-electron chi connectivity index (χ4n) is 4.17. The molecule has 2 aliphatic heterocycles. The van der Waals surface area contributed by atoms with Crippen LogP contribution in [0.5, 0.6) is 0 Å². The van der Waals surface area contributed by atoms with E-state index in [0.717, 1.165) is 21.4 Å². The molecule has 10 nitrogen and oxygen atoms in total. The van der Waals surface area contributed by atoms with Gasteiger partial charge >= 0.3 is 5.97 Å². The first-order valence-electron chi connectivity index (χ1n) is 10.1. The van der Waals surface area contributed by atoms with Crippen LogP contribution >= 0.6 is 0 Å². The molecule has 31 heavy (non-hydrogen) atoms. The van der Waals surface area contributed by atoms with E-state index >= 15 is 0 Å². The van der Waals surface area contributed by atoms with Gasteiger partial charge in [0.2, 0.25) is 17.7 Å². The second-order valence-corrected chi connectivity index (χ2v) is 7.78. The van der Waals surface area contributed by atoms with Gasteiger partial charge in [0.25, 0.3) is 5.91 Å². The Hall–Kier alpha value is -3.69. The first-order chi connectivity index (χ1) is 14.8. The molecule has 0 bridgehead atoms. The van der Waals surface area contributed by atoms with Gasteiger partial charge in [-0.15, -0.1) is 0 Å². The molecule has 1 aromatic carbocycles. The fraction of sp³-hybridized carbons (Fsp3) is 0.381. The van der Waals surface area contributed by atoms with Gasteiger partial charge in [0.05, 0.1) is 0 Å². The van der Waals surface area contributed by atoms with Crippen molar-refractivity contribution in [3.63, 3.8) is 0 Å². The Morgan fingerprint density at radius 1 is 1.16 bits per heavy atom. The maximum Gasteiger partial charge on any atom is 0.326 e. The lowest BCUT2D eigenvalue weighted by Crippen LogP contribution is -2.56. The third kappa shape index (κ3) is 4.00. The molecule has 2 aliphatic rings. The van der Waals surface area contributed by atoms with Crippen molar-refractivity contribution in [1.29, 1.82) is 0 Å². The van der Waals surface area contributed by atoms with Crippen LogP contribution in [0.2, 0.25) is 0 Å². The number of nitrogens with zero attached hydrogens (tertiary/aromatic N) is 1. The van der Waals surface area contributed by atoms with Gasteiger partial charge in [-0.1, -0.05) is 18.2 Å². The lowest BCUT2D eigenvalue weighted by molar-refractivity contribution is -0.155. The highest BCUT2D eigenvalue weighted by Crippen LogP contribution is 2.24. The van der Waals surface area contributed by atoms with Crippen LogP contribution in [0.25, 0.3) is 10.9 Å². The molecule has 3 atom stereocenters. The van der Waals surface area contributed by atoms with Crippen LogP contribution in [0.15, 0.2) is 30.5 Å². The molecule has 2 aromatic rings. The number of aliphatic carboxylic acids is 1. The van der Waals surface area contributed by atoms with Gasteiger partial charge in [-0.2, -0.15) is 0 Å². The molecule has 162 valence electrons. The number of carbonyl (C=O) groups excluding carboxylic acids is 4. The summed E-state index contributed by atoms with van der Waals surface area (Å²) >= 11 is 0. The molecule has 2 saturated heterocycles. The highest BCUT2D eigenvalue weighted by molar-refractivity contribution is 6.05. The molecule has 0 spiro atoms. The Kier molecular flexibility index (Phi) is 5.45. The summed E-state index contributed by atoms with van der Waals surface area (Å²) in [5.74, 6) is -3.40. The van der Waals surface area contributed by atoms with Gasteiger partial charge in [0.15, 0.2) is 0 Å². The normalized spacial score (nSPS) is 21.9. The predicted molar refractivity (Wildman–Crippen MR) is 108 cm³/mol. The number of hydrogen-bond acceptors (Lipinski definition) is 5. The number of rotatable bonds is 6. The van der Waals surface area contributed by atoms with E-state index in [0.29, 0.717) is 6.42 Å². The molecule has 4 N–H and O–H groups in total. The number of benzene rings is 1. The summed E-state index contributed by atoms with van der Waals surface area (Å²) in [6.07, 6.45) is 2.28. The van der Waals surface area contributed by atoms with Crippen molar-refractivity contribution in [3.8, 4) is 0 Å². The molecule has 0 unspecified atom stereocenters. The summed E-state index contributed by atoms with van der Waals surface area (Å²) in [6.45, 7) is 0. The lowest BCUT2D eigenvalue weighted by Gasteiger charge is -2.26. The van der Waals surface area contributed by atoms with Crippen molar-refractivity contribution >= 4 is 40.5 Å². The van der Waals surface area contributed by atoms with Gasteiger partial charge in [-0.3, -0.25) is 24.1 Å². The smallest absolute Gasteiger partial charge is 0.326 e. The Balaban J connectivity index is 1.62. The highest BCUT2D eigenvalue weighted by Gasteiger charge is 2.43. The lowest BCUT2D eigenvalue weighted by atomic mass is 10.0. The van der Waals surface area contributed by atoms with Crippen molar-refractivity contribution in [2.45, 2.75) is 50.2 Å². The topological polar surface area (TPSA) is 149 Å². The average molecular weight is 426 g/mol. The molecule has 10 heteroatoms. The van der Waals surface area contributed by atoms with E-state index in [-0.39, 0.29) is 31.6 Å². The third-order valence-electron chi connectivity index (χ3n) is 5.76. The number of aromatic nitrogens is 1. The minimum atomic E-state index is -1.26. The summed E-state index contributed by atoms with van der Waals surface area (Å²) in [6, 6.07) is 4.25. The first-order valence-corrected chi connectivity index (χ1v) is 10.1. The average Bonchev–Trinajstić information content (AvgIpc) is 3.45. The molecule has 0 radical (unpaired) electrons. The summed E-state index contributed by atoms with van der Waals surface area (Å²) in [5, 5.41) is 15.5. The van der Waals surface area contributed by atoms with Crippen LogP contribution in [-0.4, -0.2) is 62.7 Å². The number of H-pyrrole nitrogens is 1. The SMILES string of the molecule is O=C1CC[C@@H](C(=O)N[C@@H](Cc2c[nH]c3ccccc23)C(=O)N2C(=O)CC[C@H]2C(=O)O)N1. The molecule has 4 rings (SSSR count). The molecular weight excluding hydrogens is 404 g/mol. The largest absolute Gasteiger partial charge is 0.480 e. The Morgan fingerprint density at radius 2 is 1.94 bits per heavy atom. The fourth-order valence-corrected chi connectivity index (χ4v) is 4.17. The Labute approximate surface area is 177 Å². The highest BCUT2D eigenvalue weighted by atomic mass is 16.4. The maximum absolute atomic E-state index is 13.3. The Morgan fingerprint density at radius 3 is 2.65 bits per heavy atom. The van der Waals surface area contributed by atoms with Gasteiger partial charge < -0.3 is 20.7 Å². The molecular formula is C21H22N4O6. The van der Waals surface area contributed by atoms with Gasteiger partial charge in [-0.05, 0) is 24.5 Å². The molecule has 2 fully saturated rings. The van der Waals surface area contributed by atoms with Crippen molar-refractivity contribution < 1.29 is 29.1 Å². The molecule has 4 amide bonds. The Bertz CT molecular complexity index is 1080. The molecule has 0 saturated carbocycles.